The van der Waals surface area contributed by atoms with Gasteiger partial charge in [-0.3, -0.25) is 4.79 Å². The van der Waals surface area contributed by atoms with E-state index in [2.05, 4.69) is 0 Å². The molecule has 1 aromatic rings. The summed E-state index contributed by atoms with van der Waals surface area (Å²) in [6.07, 6.45) is 2.23. The fraction of sp³-hybridized carbons (Fsp3) is 0.364. The van der Waals surface area contributed by atoms with Gasteiger partial charge in [-0.25, -0.2) is 0 Å². The number of nitrogens with two attached hydrogens (primary N) is 1. The molecule has 0 unspecified atom stereocenters. The molecule has 0 atom stereocenters. The Balaban J connectivity index is 2.73. The highest BCUT2D eigenvalue weighted by atomic mass is 32.2. The van der Waals surface area contributed by atoms with Crippen LogP contribution in [0.2, 0.25) is 0 Å². The third-order valence-electron chi connectivity index (χ3n) is 1.99. The number of ether oxygens (including phenoxy) is 1. The molecule has 0 aliphatic heterocycles. The minimum Gasteiger partial charge on any atom is -0.466 e. The maximum atomic E-state index is 11.2. The van der Waals surface area contributed by atoms with Gasteiger partial charge in [-0.1, -0.05) is 6.07 Å². The van der Waals surface area contributed by atoms with Crippen molar-refractivity contribution in [1.29, 1.82) is 0 Å². The molecular formula is C11H15NO2S. The van der Waals surface area contributed by atoms with Crippen molar-refractivity contribution < 1.29 is 9.53 Å². The van der Waals surface area contributed by atoms with E-state index in [0.717, 1.165) is 10.5 Å². The van der Waals surface area contributed by atoms with Crippen LogP contribution in [0.15, 0.2) is 23.1 Å². The van der Waals surface area contributed by atoms with Gasteiger partial charge in [0.1, 0.15) is 0 Å². The fourth-order valence-corrected chi connectivity index (χ4v) is 1.68. The van der Waals surface area contributed by atoms with E-state index in [-0.39, 0.29) is 12.4 Å². The van der Waals surface area contributed by atoms with E-state index in [1.165, 1.54) is 0 Å². The Morgan fingerprint density at radius 1 is 1.53 bits per heavy atom. The van der Waals surface area contributed by atoms with Crippen LogP contribution in [-0.2, 0) is 16.0 Å². The maximum Gasteiger partial charge on any atom is 0.310 e. The number of esters is 1. The molecule has 0 heterocycles. The van der Waals surface area contributed by atoms with Crippen LogP contribution >= 0.6 is 11.8 Å². The molecule has 82 valence electrons. The molecule has 3 nitrogen and oxygen atoms in total. The predicted octanol–water partition coefficient (Wildman–Crippen LogP) is 2.10. The largest absolute Gasteiger partial charge is 0.466 e. The Kier molecular flexibility index (Phi) is 4.49. The molecule has 0 spiro atoms. The summed E-state index contributed by atoms with van der Waals surface area (Å²) >= 11 is 1.62. The zero-order chi connectivity index (χ0) is 11.3. The number of carbonyl (C=O) groups excluding carboxylic acids is 1. The monoisotopic (exact) mass is 225 g/mol. The van der Waals surface area contributed by atoms with Crippen molar-refractivity contribution >= 4 is 23.4 Å². The summed E-state index contributed by atoms with van der Waals surface area (Å²) in [5.41, 5.74) is 7.29. The molecule has 1 rings (SSSR count). The van der Waals surface area contributed by atoms with Crippen LogP contribution in [0.5, 0.6) is 0 Å². The van der Waals surface area contributed by atoms with Gasteiger partial charge in [-0.15, -0.1) is 11.8 Å². The first-order valence-electron chi connectivity index (χ1n) is 4.75. The van der Waals surface area contributed by atoms with E-state index in [1.807, 2.05) is 24.5 Å². The first-order valence-corrected chi connectivity index (χ1v) is 5.97. The molecule has 0 aromatic heterocycles. The van der Waals surface area contributed by atoms with Gasteiger partial charge in [0, 0.05) is 10.6 Å². The summed E-state index contributed by atoms with van der Waals surface area (Å²) in [5.74, 6) is -0.235. The highest BCUT2D eigenvalue weighted by molar-refractivity contribution is 7.98. The van der Waals surface area contributed by atoms with E-state index < -0.39 is 0 Å². The lowest BCUT2D eigenvalue weighted by atomic mass is 10.1. The number of hydrogen-bond acceptors (Lipinski definition) is 4. The second kappa shape index (κ2) is 5.66. The van der Waals surface area contributed by atoms with Gasteiger partial charge in [0.2, 0.25) is 0 Å². The van der Waals surface area contributed by atoms with Crippen LogP contribution in [0.4, 0.5) is 5.69 Å². The second-order valence-corrected chi connectivity index (χ2v) is 3.93. The van der Waals surface area contributed by atoms with Crippen LogP contribution in [0, 0.1) is 0 Å². The molecule has 0 saturated heterocycles. The Hall–Kier alpha value is -1.16. The van der Waals surface area contributed by atoms with E-state index in [0.29, 0.717) is 12.3 Å². The van der Waals surface area contributed by atoms with Crippen LogP contribution in [-0.4, -0.2) is 18.8 Å². The number of thioether (sulfide) groups is 1. The average Bonchev–Trinajstić information content (AvgIpc) is 2.21. The maximum absolute atomic E-state index is 11.2. The van der Waals surface area contributed by atoms with Crippen molar-refractivity contribution in [3.05, 3.63) is 23.8 Å². The first-order chi connectivity index (χ1) is 7.17. The van der Waals surface area contributed by atoms with E-state index in [4.69, 9.17) is 10.5 Å². The number of rotatable bonds is 4. The van der Waals surface area contributed by atoms with E-state index >= 15 is 0 Å². The molecule has 0 radical (unpaired) electrons. The summed E-state index contributed by atoms with van der Waals surface area (Å²) < 4.78 is 4.86. The van der Waals surface area contributed by atoms with Crippen LogP contribution in [0.1, 0.15) is 12.5 Å². The van der Waals surface area contributed by atoms with Gasteiger partial charge in [0.25, 0.3) is 0 Å². The topological polar surface area (TPSA) is 52.3 Å². The number of carbonyl (C=O) groups is 1. The number of benzene rings is 1. The molecule has 0 saturated carbocycles. The molecule has 0 bridgehead atoms. The van der Waals surface area contributed by atoms with E-state index in [1.54, 1.807) is 18.7 Å². The number of nitrogen functional groups attached to an aromatic ring is 1. The lowest BCUT2D eigenvalue weighted by Crippen LogP contribution is -2.09. The summed E-state index contributed by atoms with van der Waals surface area (Å²) in [6, 6.07) is 5.70. The molecule has 4 heteroatoms. The van der Waals surface area contributed by atoms with Crippen molar-refractivity contribution in [3.63, 3.8) is 0 Å². The smallest absolute Gasteiger partial charge is 0.310 e. The summed E-state index contributed by atoms with van der Waals surface area (Å²) in [7, 11) is 0. The van der Waals surface area contributed by atoms with Crippen molar-refractivity contribution in [3.8, 4) is 0 Å². The van der Waals surface area contributed by atoms with E-state index in [9.17, 15) is 4.79 Å². The van der Waals surface area contributed by atoms with Gasteiger partial charge in [-0.05, 0) is 30.9 Å². The molecular weight excluding hydrogens is 210 g/mol. The Labute approximate surface area is 94.0 Å². The predicted molar refractivity (Wildman–Crippen MR) is 63.0 cm³/mol. The van der Waals surface area contributed by atoms with Gasteiger partial charge < -0.3 is 10.5 Å². The highest BCUT2D eigenvalue weighted by Crippen LogP contribution is 2.21. The SMILES string of the molecule is CCOC(=O)Cc1ccc(SC)cc1N. The molecule has 2 N–H and O–H groups in total. The molecule has 15 heavy (non-hydrogen) atoms. The van der Waals surface area contributed by atoms with Crippen molar-refractivity contribution in [2.24, 2.45) is 0 Å². The van der Waals surface area contributed by atoms with Gasteiger partial charge in [-0.2, -0.15) is 0 Å². The van der Waals surface area contributed by atoms with Crippen LogP contribution in [0.25, 0.3) is 0 Å². The third-order valence-corrected chi connectivity index (χ3v) is 2.72. The van der Waals surface area contributed by atoms with Crippen LogP contribution in [0.3, 0.4) is 0 Å². The quantitative estimate of drug-likeness (QED) is 0.484. The Bertz CT molecular complexity index is 352. The second-order valence-electron chi connectivity index (χ2n) is 3.05. The molecule has 0 aliphatic carbocycles. The number of hydrogen-bond donors (Lipinski definition) is 1. The van der Waals surface area contributed by atoms with Crippen molar-refractivity contribution in [1.82, 2.24) is 0 Å². The summed E-state index contributed by atoms with van der Waals surface area (Å²) in [4.78, 5) is 12.3. The molecule has 0 amide bonds. The highest BCUT2D eigenvalue weighted by Gasteiger charge is 2.07. The zero-order valence-corrected chi connectivity index (χ0v) is 9.76. The third kappa shape index (κ3) is 3.47. The van der Waals surface area contributed by atoms with Crippen LogP contribution < -0.4 is 5.73 Å². The minimum absolute atomic E-state index is 0.235. The summed E-state index contributed by atoms with van der Waals surface area (Å²) in [6.45, 7) is 2.19. The van der Waals surface area contributed by atoms with Gasteiger partial charge >= 0.3 is 5.97 Å². The molecule has 1 aromatic carbocycles. The van der Waals surface area contributed by atoms with Crippen molar-refractivity contribution in [2.45, 2.75) is 18.2 Å². The fourth-order valence-electron chi connectivity index (χ4n) is 1.23. The standard InChI is InChI=1S/C11H15NO2S/c1-3-14-11(13)6-8-4-5-9(15-2)7-10(8)12/h4-5,7H,3,6,12H2,1-2H3. The first kappa shape index (κ1) is 11.9. The lowest BCUT2D eigenvalue weighted by Gasteiger charge is -2.06. The minimum atomic E-state index is -0.235. The van der Waals surface area contributed by atoms with Gasteiger partial charge in [0.15, 0.2) is 0 Å². The zero-order valence-electron chi connectivity index (χ0n) is 8.95. The Morgan fingerprint density at radius 2 is 2.27 bits per heavy atom. The van der Waals surface area contributed by atoms with Crippen molar-refractivity contribution in [2.75, 3.05) is 18.6 Å². The number of anilines is 1. The average molecular weight is 225 g/mol. The lowest BCUT2D eigenvalue weighted by molar-refractivity contribution is -0.142. The molecule has 0 fully saturated rings. The Morgan fingerprint density at radius 3 is 2.80 bits per heavy atom. The normalized spacial score (nSPS) is 10.0. The molecule has 0 aliphatic rings. The van der Waals surface area contributed by atoms with Gasteiger partial charge in [0.05, 0.1) is 13.0 Å². The summed E-state index contributed by atoms with van der Waals surface area (Å²) in [5, 5.41) is 0.